The van der Waals surface area contributed by atoms with Crippen molar-refractivity contribution in [1.29, 1.82) is 5.26 Å². The molecule has 0 unspecified atom stereocenters. The minimum atomic E-state index is -0.220. The van der Waals surface area contributed by atoms with E-state index >= 15 is 0 Å². The van der Waals surface area contributed by atoms with E-state index < -0.39 is 0 Å². The smallest absolute Gasteiger partial charge is 0.173 e. The second-order valence-electron chi connectivity index (χ2n) is 5.57. The molecule has 3 rings (SSSR count). The van der Waals surface area contributed by atoms with Gasteiger partial charge in [0.25, 0.3) is 0 Å². The van der Waals surface area contributed by atoms with Gasteiger partial charge in [0.1, 0.15) is 5.82 Å². The lowest BCUT2D eigenvalue weighted by Gasteiger charge is -2.37. The molecule has 1 saturated heterocycles. The van der Waals surface area contributed by atoms with Gasteiger partial charge in [0.05, 0.1) is 11.6 Å². The molecule has 4 nitrogen and oxygen atoms in total. The maximum absolute atomic E-state index is 13.0. The van der Waals surface area contributed by atoms with Gasteiger partial charge in [-0.2, -0.15) is 5.26 Å². The van der Waals surface area contributed by atoms with Crippen LogP contribution in [0.1, 0.15) is 5.56 Å². The monoisotopic (exact) mass is 340 g/mol. The van der Waals surface area contributed by atoms with Crippen LogP contribution in [0.3, 0.4) is 0 Å². The zero-order valence-electron chi connectivity index (χ0n) is 13.1. The molecule has 0 amide bonds. The molecule has 0 atom stereocenters. The van der Waals surface area contributed by atoms with E-state index in [1.165, 1.54) is 12.1 Å². The molecule has 0 spiro atoms. The maximum atomic E-state index is 13.0. The summed E-state index contributed by atoms with van der Waals surface area (Å²) in [5.41, 5.74) is 2.44. The van der Waals surface area contributed by atoms with Gasteiger partial charge in [-0.05, 0) is 54.7 Å². The summed E-state index contributed by atoms with van der Waals surface area (Å²) in [6.07, 6.45) is 0. The maximum Gasteiger partial charge on any atom is 0.173 e. The zero-order valence-corrected chi connectivity index (χ0v) is 13.9. The number of rotatable bonds is 2. The molecule has 0 radical (unpaired) electrons. The number of thiocarbonyl (C=S) groups is 1. The Morgan fingerprint density at radius 3 is 2.46 bits per heavy atom. The van der Waals surface area contributed by atoms with Gasteiger partial charge in [-0.3, -0.25) is 0 Å². The summed E-state index contributed by atoms with van der Waals surface area (Å²) in [5, 5.41) is 12.8. The summed E-state index contributed by atoms with van der Waals surface area (Å²) in [6, 6.07) is 15.9. The number of halogens is 1. The number of piperazine rings is 1. The molecule has 1 aliphatic heterocycles. The molecule has 0 aromatic heterocycles. The van der Waals surface area contributed by atoms with Crippen molar-refractivity contribution in [2.24, 2.45) is 0 Å². The predicted molar refractivity (Wildman–Crippen MR) is 97.6 cm³/mol. The molecule has 24 heavy (non-hydrogen) atoms. The van der Waals surface area contributed by atoms with Gasteiger partial charge >= 0.3 is 0 Å². The Kier molecular flexibility index (Phi) is 4.92. The molecular formula is C18H17FN4S. The third-order valence-electron chi connectivity index (χ3n) is 4.00. The van der Waals surface area contributed by atoms with E-state index in [-0.39, 0.29) is 5.82 Å². The van der Waals surface area contributed by atoms with Crippen LogP contribution >= 0.6 is 12.2 Å². The van der Waals surface area contributed by atoms with Crippen LogP contribution in [0.5, 0.6) is 0 Å². The average molecular weight is 340 g/mol. The summed E-state index contributed by atoms with van der Waals surface area (Å²) in [4.78, 5) is 4.32. The molecule has 6 heteroatoms. The van der Waals surface area contributed by atoms with Crippen molar-refractivity contribution < 1.29 is 4.39 Å². The van der Waals surface area contributed by atoms with Crippen molar-refractivity contribution in [3.8, 4) is 6.07 Å². The number of nitrogens with one attached hydrogen (secondary N) is 1. The lowest BCUT2D eigenvalue weighted by atomic mass is 10.2. The summed E-state index contributed by atoms with van der Waals surface area (Å²) in [6.45, 7) is 3.24. The lowest BCUT2D eigenvalue weighted by Crippen LogP contribution is -2.50. The number of nitriles is 1. The number of hydrogen-bond donors (Lipinski definition) is 1. The molecule has 122 valence electrons. The standard InChI is InChI=1S/C18H17FN4S/c19-15-4-6-17(7-5-15)22-8-10-23(11-9-22)18(24)21-16-3-1-2-14(12-16)13-20/h1-7,12H,8-11H2,(H,21,24). The summed E-state index contributed by atoms with van der Waals surface area (Å²) >= 11 is 5.47. The van der Waals surface area contributed by atoms with E-state index in [0.717, 1.165) is 37.6 Å². The zero-order chi connectivity index (χ0) is 16.9. The molecule has 1 aliphatic rings. The Morgan fingerprint density at radius 2 is 1.79 bits per heavy atom. The molecular weight excluding hydrogens is 323 g/mol. The average Bonchev–Trinajstić information content (AvgIpc) is 2.62. The Hall–Kier alpha value is -2.65. The van der Waals surface area contributed by atoms with Gasteiger partial charge in [-0.15, -0.1) is 0 Å². The van der Waals surface area contributed by atoms with Crippen LogP contribution < -0.4 is 10.2 Å². The van der Waals surface area contributed by atoms with Gasteiger partial charge < -0.3 is 15.1 Å². The first kappa shape index (κ1) is 16.2. The van der Waals surface area contributed by atoms with Crippen LogP contribution in [0.4, 0.5) is 15.8 Å². The van der Waals surface area contributed by atoms with Crippen molar-refractivity contribution in [1.82, 2.24) is 4.90 Å². The fourth-order valence-corrected chi connectivity index (χ4v) is 2.99. The summed E-state index contributed by atoms with van der Waals surface area (Å²) in [5.74, 6) is -0.220. The van der Waals surface area contributed by atoms with Gasteiger partial charge in [-0.1, -0.05) is 6.07 Å². The highest BCUT2D eigenvalue weighted by atomic mass is 32.1. The van der Waals surface area contributed by atoms with Crippen LogP contribution in [-0.4, -0.2) is 36.2 Å². The Labute approximate surface area is 146 Å². The highest BCUT2D eigenvalue weighted by Crippen LogP contribution is 2.18. The van der Waals surface area contributed by atoms with E-state index in [9.17, 15) is 4.39 Å². The van der Waals surface area contributed by atoms with Crippen molar-refractivity contribution in [3.05, 3.63) is 59.9 Å². The van der Waals surface area contributed by atoms with Gasteiger partial charge in [0.2, 0.25) is 0 Å². The van der Waals surface area contributed by atoms with Gasteiger partial charge in [-0.25, -0.2) is 4.39 Å². The fraction of sp³-hybridized carbons (Fsp3) is 0.222. The minimum absolute atomic E-state index is 0.220. The Morgan fingerprint density at radius 1 is 1.08 bits per heavy atom. The molecule has 2 aromatic rings. The molecule has 0 saturated carbocycles. The van der Waals surface area contributed by atoms with Gasteiger partial charge in [0.15, 0.2) is 5.11 Å². The van der Waals surface area contributed by atoms with Crippen molar-refractivity contribution in [3.63, 3.8) is 0 Å². The molecule has 2 aromatic carbocycles. The van der Waals surface area contributed by atoms with Crippen LogP contribution in [0.15, 0.2) is 48.5 Å². The number of anilines is 2. The van der Waals surface area contributed by atoms with E-state index in [1.54, 1.807) is 24.3 Å². The fourth-order valence-electron chi connectivity index (χ4n) is 2.69. The Bertz CT molecular complexity index is 761. The van der Waals surface area contributed by atoms with Crippen LogP contribution in [0.2, 0.25) is 0 Å². The number of benzene rings is 2. The molecule has 0 bridgehead atoms. The topological polar surface area (TPSA) is 42.3 Å². The lowest BCUT2D eigenvalue weighted by molar-refractivity contribution is 0.391. The second kappa shape index (κ2) is 7.28. The van der Waals surface area contributed by atoms with E-state index in [2.05, 4.69) is 21.2 Å². The predicted octanol–water partition coefficient (Wildman–Crippen LogP) is 3.22. The largest absolute Gasteiger partial charge is 0.368 e. The minimum Gasteiger partial charge on any atom is -0.368 e. The first-order valence-corrected chi connectivity index (χ1v) is 8.13. The third kappa shape index (κ3) is 3.81. The molecule has 1 fully saturated rings. The summed E-state index contributed by atoms with van der Waals surface area (Å²) < 4.78 is 13.0. The third-order valence-corrected chi connectivity index (χ3v) is 4.36. The van der Waals surface area contributed by atoms with E-state index in [0.29, 0.717) is 10.7 Å². The van der Waals surface area contributed by atoms with E-state index in [1.807, 2.05) is 12.1 Å². The van der Waals surface area contributed by atoms with Crippen LogP contribution in [-0.2, 0) is 0 Å². The number of nitrogens with zero attached hydrogens (tertiary/aromatic N) is 3. The quantitative estimate of drug-likeness (QED) is 0.850. The normalized spacial score (nSPS) is 14.2. The highest BCUT2D eigenvalue weighted by molar-refractivity contribution is 7.80. The molecule has 1 N–H and O–H groups in total. The molecule has 1 heterocycles. The SMILES string of the molecule is N#Cc1cccc(NC(=S)N2CCN(c3ccc(F)cc3)CC2)c1. The first-order chi connectivity index (χ1) is 11.7. The molecule has 0 aliphatic carbocycles. The highest BCUT2D eigenvalue weighted by Gasteiger charge is 2.19. The Balaban J connectivity index is 1.57. The number of hydrogen-bond acceptors (Lipinski definition) is 3. The first-order valence-electron chi connectivity index (χ1n) is 7.72. The van der Waals surface area contributed by atoms with Crippen molar-refractivity contribution >= 4 is 28.7 Å². The summed E-state index contributed by atoms with van der Waals surface area (Å²) in [7, 11) is 0. The van der Waals surface area contributed by atoms with Gasteiger partial charge in [0, 0.05) is 37.6 Å². The van der Waals surface area contributed by atoms with Crippen LogP contribution in [0, 0.1) is 17.1 Å². The van der Waals surface area contributed by atoms with Crippen molar-refractivity contribution in [2.75, 3.05) is 36.4 Å². The van der Waals surface area contributed by atoms with Crippen LogP contribution in [0.25, 0.3) is 0 Å². The van der Waals surface area contributed by atoms with Crippen molar-refractivity contribution in [2.45, 2.75) is 0 Å². The second-order valence-corrected chi connectivity index (χ2v) is 5.96. The van der Waals surface area contributed by atoms with E-state index in [4.69, 9.17) is 17.5 Å².